The molecule has 4 rings (SSSR count). The number of nitrogens with zero attached hydrogens (tertiary/aromatic N) is 4. The van der Waals surface area contributed by atoms with E-state index in [2.05, 4.69) is 48.6 Å². The van der Waals surface area contributed by atoms with Crippen molar-refractivity contribution in [1.82, 2.24) is 15.0 Å². The van der Waals surface area contributed by atoms with Gasteiger partial charge in [-0.05, 0) is 43.7 Å². The third-order valence-electron chi connectivity index (χ3n) is 4.70. The lowest BCUT2D eigenvalue weighted by atomic mass is 9.92. The van der Waals surface area contributed by atoms with Gasteiger partial charge in [-0.15, -0.1) is 11.3 Å². The number of fused-ring (bicyclic) bond motifs is 3. The van der Waals surface area contributed by atoms with E-state index < -0.39 is 0 Å². The molecule has 0 N–H and O–H groups in total. The molecule has 0 aromatic carbocycles. The van der Waals surface area contributed by atoms with E-state index in [4.69, 9.17) is 4.98 Å². The van der Waals surface area contributed by atoms with Crippen molar-refractivity contribution < 1.29 is 0 Å². The van der Waals surface area contributed by atoms with Gasteiger partial charge in [0.05, 0.1) is 10.2 Å². The first-order chi connectivity index (χ1) is 11.0. The van der Waals surface area contributed by atoms with Crippen LogP contribution in [0.3, 0.4) is 0 Å². The molecule has 4 heterocycles. The number of thiophene rings is 1. The quantitative estimate of drug-likeness (QED) is 0.667. The molecular weight excluding hydrogens is 304 g/mol. The van der Waals surface area contributed by atoms with Crippen molar-refractivity contribution in [1.29, 1.82) is 0 Å². The molecule has 3 aromatic heterocycles. The van der Waals surface area contributed by atoms with E-state index in [1.165, 1.54) is 22.1 Å². The number of pyridine rings is 1. The third-order valence-corrected chi connectivity index (χ3v) is 5.77. The zero-order valence-electron chi connectivity index (χ0n) is 14.1. The smallest absolute Gasteiger partial charge is 0.150 e. The van der Waals surface area contributed by atoms with Crippen molar-refractivity contribution in [2.24, 2.45) is 11.8 Å². The molecule has 1 saturated heterocycles. The van der Waals surface area contributed by atoms with Gasteiger partial charge in [0.25, 0.3) is 0 Å². The highest BCUT2D eigenvalue weighted by Crippen LogP contribution is 2.39. The summed E-state index contributed by atoms with van der Waals surface area (Å²) in [5.74, 6) is 2.51. The molecule has 0 radical (unpaired) electrons. The second-order valence-electron chi connectivity index (χ2n) is 7.09. The maximum Gasteiger partial charge on any atom is 0.150 e. The molecule has 23 heavy (non-hydrogen) atoms. The Morgan fingerprint density at radius 1 is 1.13 bits per heavy atom. The van der Waals surface area contributed by atoms with Gasteiger partial charge >= 0.3 is 0 Å². The van der Waals surface area contributed by atoms with Crippen molar-refractivity contribution in [2.75, 3.05) is 18.0 Å². The van der Waals surface area contributed by atoms with E-state index in [0.29, 0.717) is 11.8 Å². The van der Waals surface area contributed by atoms with Crippen LogP contribution in [0, 0.1) is 25.7 Å². The van der Waals surface area contributed by atoms with E-state index in [1.54, 1.807) is 17.7 Å². The van der Waals surface area contributed by atoms with Crippen LogP contribution in [0.4, 0.5) is 5.82 Å². The van der Waals surface area contributed by atoms with E-state index >= 15 is 0 Å². The Hall–Kier alpha value is -1.75. The van der Waals surface area contributed by atoms with Crippen LogP contribution in [-0.2, 0) is 0 Å². The van der Waals surface area contributed by atoms with Crippen LogP contribution in [0.15, 0.2) is 12.4 Å². The molecule has 1 aliphatic heterocycles. The normalized spacial score (nSPS) is 22.2. The summed E-state index contributed by atoms with van der Waals surface area (Å²) in [6.45, 7) is 11.0. The molecule has 3 aromatic rings. The van der Waals surface area contributed by atoms with Gasteiger partial charge in [-0.2, -0.15) is 0 Å². The predicted octanol–water partition coefficient (Wildman–Crippen LogP) is 4.34. The summed E-state index contributed by atoms with van der Waals surface area (Å²) in [4.78, 5) is 17.5. The van der Waals surface area contributed by atoms with Gasteiger partial charge in [-0.3, -0.25) is 0 Å². The first kappa shape index (κ1) is 14.8. The van der Waals surface area contributed by atoms with E-state index in [-0.39, 0.29) is 0 Å². The van der Waals surface area contributed by atoms with Crippen LogP contribution in [-0.4, -0.2) is 28.0 Å². The highest BCUT2D eigenvalue weighted by Gasteiger charge is 2.25. The van der Waals surface area contributed by atoms with E-state index in [0.717, 1.165) is 34.9 Å². The largest absolute Gasteiger partial charge is 0.355 e. The number of piperidine rings is 1. The van der Waals surface area contributed by atoms with Crippen LogP contribution >= 0.6 is 11.3 Å². The molecule has 1 fully saturated rings. The lowest BCUT2D eigenvalue weighted by molar-refractivity contribution is 0.356. The minimum Gasteiger partial charge on any atom is -0.355 e. The molecule has 1 aliphatic rings. The fraction of sp³-hybridized carbons (Fsp3) is 0.500. The zero-order chi connectivity index (χ0) is 16.1. The van der Waals surface area contributed by atoms with Crippen LogP contribution in [0.25, 0.3) is 20.4 Å². The summed E-state index contributed by atoms with van der Waals surface area (Å²) < 4.78 is 1.19. The fourth-order valence-corrected chi connectivity index (χ4v) is 5.23. The number of hydrogen-bond donors (Lipinski definition) is 0. The molecule has 120 valence electrons. The van der Waals surface area contributed by atoms with Crippen molar-refractivity contribution in [3.05, 3.63) is 23.7 Å². The summed E-state index contributed by atoms with van der Waals surface area (Å²) in [6, 6.07) is 2.14. The SMILES string of the molecule is Cc1cc(C)c2c(n1)sc1c(N3CC(C)CC(C)C3)ncnc12. The molecule has 2 atom stereocenters. The third kappa shape index (κ3) is 2.47. The Morgan fingerprint density at radius 2 is 1.87 bits per heavy atom. The number of anilines is 1. The molecule has 0 saturated carbocycles. The van der Waals surface area contributed by atoms with Crippen LogP contribution in [0.2, 0.25) is 0 Å². The molecular formula is C18H22N4S. The molecule has 0 bridgehead atoms. The first-order valence-corrected chi connectivity index (χ1v) is 9.11. The molecule has 0 spiro atoms. The van der Waals surface area contributed by atoms with Gasteiger partial charge in [0.15, 0.2) is 0 Å². The first-order valence-electron chi connectivity index (χ1n) is 8.29. The maximum absolute atomic E-state index is 4.72. The van der Waals surface area contributed by atoms with Gasteiger partial charge in [-0.25, -0.2) is 15.0 Å². The van der Waals surface area contributed by atoms with Crippen molar-refractivity contribution >= 4 is 37.6 Å². The minimum absolute atomic E-state index is 0.709. The topological polar surface area (TPSA) is 41.9 Å². The van der Waals surface area contributed by atoms with Crippen LogP contribution < -0.4 is 4.90 Å². The molecule has 5 heteroatoms. The highest BCUT2D eigenvalue weighted by atomic mass is 32.1. The molecule has 0 aliphatic carbocycles. The average molecular weight is 326 g/mol. The van der Waals surface area contributed by atoms with Gasteiger partial charge in [0, 0.05) is 24.2 Å². The number of aryl methyl sites for hydroxylation is 2. The van der Waals surface area contributed by atoms with Crippen LogP contribution in [0.1, 0.15) is 31.5 Å². The van der Waals surface area contributed by atoms with Gasteiger partial charge < -0.3 is 4.90 Å². The monoisotopic (exact) mass is 326 g/mol. The second kappa shape index (κ2) is 5.41. The Balaban J connectivity index is 1.93. The molecule has 0 amide bonds. The summed E-state index contributed by atoms with van der Waals surface area (Å²) in [5, 5.41) is 1.19. The van der Waals surface area contributed by atoms with E-state index in [9.17, 15) is 0 Å². The molecule has 2 unspecified atom stereocenters. The van der Waals surface area contributed by atoms with Crippen molar-refractivity contribution in [3.63, 3.8) is 0 Å². The average Bonchev–Trinajstić information content (AvgIpc) is 2.84. The lowest BCUT2D eigenvalue weighted by Crippen LogP contribution is -2.39. The van der Waals surface area contributed by atoms with Crippen molar-refractivity contribution in [3.8, 4) is 0 Å². The summed E-state index contributed by atoms with van der Waals surface area (Å²) in [7, 11) is 0. The zero-order valence-corrected chi connectivity index (χ0v) is 14.9. The Bertz CT molecular complexity index is 875. The van der Waals surface area contributed by atoms with Gasteiger partial charge in [-0.1, -0.05) is 13.8 Å². The Labute approximate surface area is 140 Å². The van der Waals surface area contributed by atoms with Crippen molar-refractivity contribution in [2.45, 2.75) is 34.1 Å². The summed E-state index contributed by atoms with van der Waals surface area (Å²) in [6.07, 6.45) is 3.02. The summed E-state index contributed by atoms with van der Waals surface area (Å²) in [5.41, 5.74) is 3.38. The maximum atomic E-state index is 4.72. The van der Waals surface area contributed by atoms with Gasteiger partial charge in [0.1, 0.15) is 17.0 Å². The summed E-state index contributed by atoms with van der Waals surface area (Å²) >= 11 is 1.73. The predicted molar refractivity (Wildman–Crippen MR) is 97.3 cm³/mol. The Morgan fingerprint density at radius 3 is 2.61 bits per heavy atom. The minimum atomic E-state index is 0.709. The number of hydrogen-bond acceptors (Lipinski definition) is 5. The van der Waals surface area contributed by atoms with Crippen LogP contribution in [0.5, 0.6) is 0 Å². The number of rotatable bonds is 1. The number of aromatic nitrogens is 3. The lowest BCUT2D eigenvalue weighted by Gasteiger charge is -2.35. The highest BCUT2D eigenvalue weighted by molar-refractivity contribution is 7.26. The second-order valence-corrected chi connectivity index (χ2v) is 8.09. The standard InChI is InChI=1S/C18H22N4S/c1-10-5-11(2)8-22(7-10)17-16-15(19-9-20-17)14-12(3)6-13(4)21-18(14)23-16/h6,9-11H,5,7-8H2,1-4H3. The van der Waals surface area contributed by atoms with Gasteiger partial charge in [0.2, 0.25) is 0 Å². The van der Waals surface area contributed by atoms with E-state index in [1.807, 2.05) is 0 Å². The fourth-order valence-electron chi connectivity index (χ4n) is 3.96. The Kier molecular flexibility index (Phi) is 3.48. The molecule has 4 nitrogen and oxygen atoms in total.